The normalized spacial score (nSPS) is 10.5. The Morgan fingerprint density at radius 2 is 1.48 bits per heavy atom. The molecule has 0 aliphatic rings. The molecule has 170 valence electrons. The lowest BCUT2D eigenvalue weighted by atomic mass is 10.1. The van der Waals surface area contributed by atoms with E-state index in [1.807, 2.05) is 13.0 Å². The van der Waals surface area contributed by atoms with Crippen LogP contribution in [0.4, 0.5) is 11.4 Å². The fraction of sp³-hybridized carbons (Fsp3) is 0.167. The molecule has 1 N–H and O–H groups in total. The van der Waals surface area contributed by atoms with Crippen LogP contribution in [-0.2, 0) is 4.84 Å². The molecule has 33 heavy (non-hydrogen) atoms. The fourth-order valence-electron chi connectivity index (χ4n) is 2.90. The van der Waals surface area contributed by atoms with Crippen LogP contribution >= 0.6 is 0 Å². The van der Waals surface area contributed by atoms with Crippen LogP contribution in [0.3, 0.4) is 0 Å². The number of ether oxygens (including phenoxy) is 3. The molecule has 1 amide bonds. The lowest BCUT2D eigenvalue weighted by Crippen LogP contribution is -2.11. The number of hydrogen-bond acceptors (Lipinski definition) is 8. The molecule has 0 saturated heterocycles. The van der Waals surface area contributed by atoms with Gasteiger partial charge in [-0.1, -0.05) is 17.7 Å². The molecule has 0 heterocycles. The number of amides is 1. The van der Waals surface area contributed by atoms with E-state index in [1.165, 1.54) is 33.5 Å². The predicted molar refractivity (Wildman–Crippen MR) is 122 cm³/mol. The van der Waals surface area contributed by atoms with Gasteiger partial charge in [-0.3, -0.25) is 4.79 Å². The average Bonchev–Trinajstić information content (AvgIpc) is 2.85. The quantitative estimate of drug-likeness (QED) is 0.375. The molecule has 0 fully saturated rings. The van der Waals surface area contributed by atoms with E-state index in [4.69, 9.17) is 19.0 Å². The maximum Gasteiger partial charge on any atom is 0.363 e. The first kappa shape index (κ1) is 23.3. The van der Waals surface area contributed by atoms with Crippen molar-refractivity contribution in [2.45, 2.75) is 6.92 Å². The van der Waals surface area contributed by atoms with E-state index in [1.54, 1.807) is 42.5 Å². The Hall–Kier alpha value is -4.40. The number of azo groups is 1. The van der Waals surface area contributed by atoms with E-state index in [0.29, 0.717) is 34.2 Å². The second-order valence-electron chi connectivity index (χ2n) is 6.83. The monoisotopic (exact) mass is 449 g/mol. The first-order valence-corrected chi connectivity index (χ1v) is 9.85. The van der Waals surface area contributed by atoms with Gasteiger partial charge in [-0.05, 0) is 55.5 Å². The summed E-state index contributed by atoms with van der Waals surface area (Å²) in [5.41, 5.74) is 5.18. The number of carbonyl (C=O) groups excluding carboxylic acids is 2. The Kier molecular flexibility index (Phi) is 7.59. The number of nitrogens with one attached hydrogen (secondary N) is 1. The molecule has 9 heteroatoms. The van der Waals surface area contributed by atoms with Crippen LogP contribution in [0.15, 0.2) is 70.9 Å². The number of nitrogens with zero attached hydrogens (tertiary/aromatic N) is 2. The minimum atomic E-state index is -0.651. The molecule has 0 saturated carbocycles. The molecule has 3 aromatic carbocycles. The Balaban J connectivity index is 1.62. The van der Waals surface area contributed by atoms with Crippen molar-refractivity contribution in [3.63, 3.8) is 0 Å². The van der Waals surface area contributed by atoms with Gasteiger partial charge in [-0.2, -0.15) is 0 Å². The van der Waals surface area contributed by atoms with Gasteiger partial charge in [-0.25, -0.2) is 10.3 Å². The molecule has 9 nitrogen and oxygen atoms in total. The van der Waals surface area contributed by atoms with Gasteiger partial charge in [0.15, 0.2) is 11.5 Å². The second kappa shape index (κ2) is 10.8. The Morgan fingerprint density at radius 3 is 2.06 bits per heavy atom. The SMILES string of the molecule is COc1cc(C(=O)ONc2ccc(N=NC(=O)c3cccc(C)c3)cc2)cc(OC)c1OC. The van der Waals surface area contributed by atoms with Gasteiger partial charge in [0.1, 0.15) is 0 Å². The number of benzene rings is 3. The standard InChI is InChI=1S/C24H23N3O6/c1-15-6-5-7-16(12-15)23(28)26-25-18-8-10-19(11-9-18)27-33-24(29)17-13-20(30-2)22(32-4)21(14-17)31-3/h5-14,27H,1-4H3. The number of rotatable bonds is 8. The van der Waals surface area contributed by atoms with Crippen LogP contribution in [0, 0.1) is 6.92 Å². The first-order chi connectivity index (χ1) is 15.9. The number of aryl methyl sites for hydroxylation is 1. The van der Waals surface area contributed by atoms with Gasteiger partial charge in [-0.15, -0.1) is 10.2 Å². The van der Waals surface area contributed by atoms with Gasteiger partial charge in [0.25, 0.3) is 5.91 Å². The van der Waals surface area contributed by atoms with Gasteiger partial charge in [0.2, 0.25) is 5.75 Å². The van der Waals surface area contributed by atoms with Gasteiger partial charge in [0, 0.05) is 5.56 Å². The lowest BCUT2D eigenvalue weighted by Gasteiger charge is -2.14. The molecule has 0 bridgehead atoms. The third-order valence-electron chi connectivity index (χ3n) is 4.55. The summed E-state index contributed by atoms with van der Waals surface area (Å²) in [5.74, 6) is -0.0467. The minimum absolute atomic E-state index is 0.206. The number of anilines is 1. The highest BCUT2D eigenvalue weighted by molar-refractivity contribution is 5.94. The van der Waals surface area contributed by atoms with Crippen molar-refractivity contribution < 1.29 is 28.6 Å². The lowest BCUT2D eigenvalue weighted by molar-refractivity contribution is 0.0595. The van der Waals surface area contributed by atoms with Crippen LogP contribution < -0.4 is 19.7 Å². The van der Waals surface area contributed by atoms with E-state index in [-0.39, 0.29) is 5.56 Å². The van der Waals surface area contributed by atoms with E-state index in [0.717, 1.165) is 5.56 Å². The molecule has 0 aliphatic heterocycles. The van der Waals surface area contributed by atoms with Crippen LogP contribution in [0.2, 0.25) is 0 Å². The van der Waals surface area contributed by atoms with Crippen molar-refractivity contribution >= 4 is 23.3 Å². The number of methoxy groups -OCH3 is 3. The molecule has 0 aromatic heterocycles. The molecule has 0 aliphatic carbocycles. The second-order valence-corrected chi connectivity index (χ2v) is 6.83. The van der Waals surface area contributed by atoms with Gasteiger partial charge in [0.05, 0.1) is 38.3 Å². The van der Waals surface area contributed by atoms with Crippen LogP contribution in [0.1, 0.15) is 26.3 Å². The highest BCUT2D eigenvalue weighted by Gasteiger charge is 2.18. The average molecular weight is 449 g/mol. The van der Waals surface area contributed by atoms with Gasteiger partial charge < -0.3 is 19.0 Å². The summed E-state index contributed by atoms with van der Waals surface area (Å²) in [6, 6.07) is 16.6. The molecular formula is C24H23N3O6. The van der Waals surface area contributed by atoms with Crippen molar-refractivity contribution in [2.75, 3.05) is 26.8 Å². The van der Waals surface area contributed by atoms with Crippen molar-refractivity contribution in [3.05, 3.63) is 77.4 Å². The van der Waals surface area contributed by atoms with Crippen molar-refractivity contribution in [2.24, 2.45) is 10.2 Å². The smallest absolute Gasteiger partial charge is 0.363 e. The molecular weight excluding hydrogens is 426 g/mol. The Bertz CT molecular complexity index is 1150. The maximum absolute atomic E-state index is 12.4. The third kappa shape index (κ3) is 5.85. The zero-order chi connectivity index (χ0) is 23.8. The first-order valence-electron chi connectivity index (χ1n) is 9.85. The Morgan fingerprint density at radius 1 is 0.818 bits per heavy atom. The largest absolute Gasteiger partial charge is 0.493 e. The summed E-state index contributed by atoms with van der Waals surface area (Å²) in [6.07, 6.45) is 0. The van der Waals surface area contributed by atoms with Gasteiger partial charge >= 0.3 is 5.97 Å². The summed E-state index contributed by atoms with van der Waals surface area (Å²) in [4.78, 5) is 29.7. The number of hydrogen-bond donors (Lipinski definition) is 1. The van der Waals surface area contributed by atoms with E-state index in [2.05, 4.69) is 15.7 Å². The topological polar surface area (TPSA) is 108 Å². The minimum Gasteiger partial charge on any atom is -0.493 e. The van der Waals surface area contributed by atoms with Crippen molar-refractivity contribution in [1.82, 2.24) is 0 Å². The molecule has 0 atom stereocenters. The summed E-state index contributed by atoms with van der Waals surface area (Å²) in [7, 11) is 4.39. The zero-order valence-electron chi connectivity index (χ0n) is 18.6. The van der Waals surface area contributed by atoms with Crippen LogP contribution in [0.5, 0.6) is 17.2 Å². The van der Waals surface area contributed by atoms with Crippen LogP contribution in [0.25, 0.3) is 0 Å². The Labute approximate surface area is 190 Å². The molecule has 3 aromatic rings. The van der Waals surface area contributed by atoms with Crippen LogP contribution in [-0.4, -0.2) is 33.2 Å². The molecule has 3 rings (SSSR count). The summed E-state index contributed by atoms with van der Waals surface area (Å²) in [6.45, 7) is 1.90. The zero-order valence-corrected chi connectivity index (χ0v) is 18.6. The highest BCUT2D eigenvalue weighted by atomic mass is 16.7. The van der Waals surface area contributed by atoms with Crippen molar-refractivity contribution in [1.29, 1.82) is 0 Å². The van der Waals surface area contributed by atoms with E-state index in [9.17, 15) is 9.59 Å². The predicted octanol–water partition coefficient (Wildman–Crippen LogP) is 5.13. The van der Waals surface area contributed by atoms with E-state index < -0.39 is 11.9 Å². The maximum atomic E-state index is 12.4. The summed E-state index contributed by atoms with van der Waals surface area (Å²) in [5, 5.41) is 7.69. The molecule has 0 radical (unpaired) electrons. The third-order valence-corrected chi connectivity index (χ3v) is 4.55. The summed E-state index contributed by atoms with van der Waals surface area (Å²) < 4.78 is 15.7. The van der Waals surface area contributed by atoms with E-state index >= 15 is 0 Å². The summed E-state index contributed by atoms with van der Waals surface area (Å²) >= 11 is 0. The molecule has 0 unspecified atom stereocenters. The molecule has 0 spiro atoms. The fourth-order valence-corrected chi connectivity index (χ4v) is 2.90. The highest BCUT2D eigenvalue weighted by Crippen LogP contribution is 2.38. The number of carbonyl (C=O) groups is 2. The van der Waals surface area contributed by atoms with Crippen molar-refractivity contribution in [3.8, 4) is 17.2 Å².